The molecule has 0 unspecified atom stereocenters. The standard InChI is InChI=1S/C13H10O3/c1-4-8-5-6-9-10(7-8)16-13(2,3)12(15)11(9)14/h1,5-7H,2-3H3. The largest absolute Gasteiger partial charge is 0.479 e. The zero-order valence-corrected chi connectivity index (χ0v) is 9.03. The molecule has 0 N–H and O–H groups in total. The van der Waals surface area contributed by atoms with Gasteiger partial charge in [-0.05, 0) is 32.0 Å². The van der Waals surface area contributed by atoms with Crippen LogP contribution in [0.5, 0.6) is 5.75 Å². The SMILES string of the molecule is C#Cc1ccc2c(c1)OC(C)(C)C(=O)C2=O. The number of carbonyl (C=O) groups is 2. The van der Waals surface area contributed by atoms with Crippen molar-refractivity contribution >= 4 is 11.6 Å². The Hall–Kier alpha value is -2.08. The van der Waals surface area contributed by atoms with Crippen LogP contribution in [0.2, 0.25) is 0 Å². The van der Waals surface area contributed by atoms with Crippen LogP contribution in [-0.2, 0) is 4.79 Å². The maximum Gasteiger partial charge on any atom is 0.246 e. The van der Waals surface area contributed by atoms with E-state index in [0.717, 1.165) is 0 Å². The van der Waals surface area contributed by atoms with Gasteiger partial charge < -0.3 is 4.74 Å². The van der Waals surface area contributed by atoms with Gasteiger partial charge in [0.25, 0.3) is 0 Å². The van der Waals surface area contributed by atoms with Gasteiger partial charge >= 0.3 is 0 Å². The molecule has 0 bridgehead atoms. The zero-order valence-electron chi connectivity index (χ0n) is 9.03. The molecule has 0 saturated carbocycles. The minimum Gasteiger partial charge on any atom is -0.479 e. The molecular weight excluding hydrogens is 204 g/mol. The van der Waals surface area contributed by atoms with E-state index in [1.54, 1.807) is 26.0 Å². The van der Waals surface area contributed by atoms with Crippen LogP contribution in [0.3, 0.4) is 0 Å². The smallest absolute Gasteiger partial charge is 0.246 e. The minimum absolute atomic E-state index is 0.281. The fourth-order valence-corrected chi connectivity index (χ4v) is 1.60. The second-order valence-corrected chi connectivity index (χ2v) is 4.13. The van der Waals surface area contributed by atoms with Crippen LogP contribution in [0.1, 0.15) is 29.8 Å². The summed E-state index contributed by atoms with van der Waals surface area (Å²) in [5.74, 6) is 1.78. The highest BCUT2D eigenvalue weighted by atomic mass is 16.5. The highest BCUT2D eigenvalue weighted by Gasteiger charge is 2.41. The summed E-state index contributed by atoms with van der Waals surface area (Å²) in [7, 11) is 0. The summed E-state index contributed by atoms with van der Waals surface area (Å²) in [6.45, 7) is 3.14. The van der Waals surface area contributed by atoms with Gasteiger partial charge in [0.05, 0.1) is 5.56 Å². The zero-order chi connectivity index (χ0) is 11.9. The molecule has 16 heavy (non-hydrogen) atoms. The van der Waals surface area contributed by atoms with Crippen LogP contribution in [-0.4, -0.2) is 17.2 Å². The van der Waals surface area contributed by atoms with Gasteiger partial charge in [-0.15, -0.1) is 6.42 Å². The normalized spacial score (nSPS) is 17.3. The number of ether oxygens (including phenoxy) is 1. The third kappa shape index (κ3) is 1.40. The fraction of sp³-hybridized carbons (Fsp3) is 0.231. The van der Waals surface area contributed by atoms with E-state index in [0.29, 0.717) is 11.3 Å². The minimum atomic E-state index is -1.11. The molecule has 3 heteroatoms. The molecule has 2 rings (SSSR count). The van der Waals surface area contributed by atoms with E-state index in [1.165, 1.54) is 6.07 Å². The second-order valence-electron chi connectivity index (χ2n) is 4.13. The quantitative estimate of drug-likeness (QED) is 0.486. The molecule has 0 atom stereocenters. The molecular formula is C13H10O3. The summed E-state index contributed by atoms with van der Waals surface area (Å²) >= 11 is 0. The molecule has 0 amide bonds. The maximum absolute atomic E-state index is 11.8. The predicted molar refractivity (Wildman–Crippen MR) is 58.4 cm³/mol. The highest BCUT2D eigenvalue weighted by molar-refractivity contribution is 6.47. The lowest BCUT2D eigenvalue weighted by Gasteiger charge is -2.29. The van der Waals surface area contributed by atoms with Crippen LogP contribution in [0.25, 0.3) is 0 Å². The molecule has 0 aliphatic carbocycles. The Balaban J connectivity index is 2.61. The predicted octanol–water partition coefficient (Wildman–Crippen LogP) is 1.59. The van der Waals surface area contributed by atoms with Gasteiger partial charge in [-0.25, -0.2) is 0 Å². The van der Waals surface area contributed by atoms with E-state index < -0.39 is 17.2 Å². The summed E-state index contributed by atoms with van der Waals surface area (Å²) < 4.78 is 5.48. The third-order valence-electron chi connectivity index (χ3n) is 2.51. The van der Waals surface area contributed by atoms with E-state index in [4.69, 9.17) is 11.2 Å². The Morgan fingerprint density at radius 1 is 1.31 bits per heavy atom. The number of hydrogen-bond acceptors (Lipinski definition) is 3. The van der Waals surface area contributed by atoms with Crippen LogP contribution in [0.4, 0.5) is 0 Å². The van der Waals surface area contributed by atoms with Crippen molar-refractivity contribution in [2.45, 2.75) is 19.4 Å². The Morgan fingerprint density at radius 3 is 2.62 bits per heavy atom. The Labute approximate surface area is 93.4 Å². The summed E-state index contributed by atoms with van der Waals surface area (Å²) in [5.41, 5.74) is -0.211. The number of fused-ring (bicyclic) bond motifs is 1. The van der Waals surface area contributed by atoms with Gasteiger partial charge in [0.15, 0.2) is 5.60 Å². The van der Waals surface area contributed by atoms with Crippen molar-refractivity contribution in [1.82, 2.24) is 0 Å². The molecule has 0 aromatic heterocycles. The number of Topliss-reactive ketones (excluding diaryl/α,β-unsaturated/α-hetero) is 2. The molecule has 1 aliphatic heterocycles. The van der Waals surface area contributed by atoms with Gasteiger partial charge in [0, 0.05) is 5.56 Å². The number of carbonyl (C=O) groups excluding carboxylic acids is 2. The topological polar surface area (TPSA) is 43.4 Å². The molecule has 1 heterocycles. The number of hydrogen-bond donors (Lipinski definition) is 0. The van der Waals surface area contributed by atoms with Crippen LogP contribution in [0, 0.1) is 12.3 Å². The summed E-state index contributed by atoms with van der Waals surface area (Å²) in [5, 5.41) is 0. The molecule has 3 nitrogen and oxygen atoms in total. The average molecular weight is 214 g/mol. The van der Waals surface area contributed by atoms with Crippen molar-refractivity contribution in [3.8, 4) is 18.1 Å². The van der Waals surface area contributed by atoms with Crippen LogP contribution in [0.15, 0.2) is 18.2 Å². The first-order chi connectivity index (χ1) is 7.45. The maximum atomic E-state index is 11.8. The summed E-state index contributed by atoms with van der Waals surface area (Å²) in [6.07, 6.45) is 5.26. The van der Waals surface area contributed by atoms with Crippen molar-refractivity contribution in [1.29, 1.82) is 0 Å². The first-order valence-corrected chi connectivity index (χ1v) is 4.84. The van der Waals surface area contributed by atoms with Gasteiger partial charge in [-0.3, -0.25) is 9.59 Å². The lowest BCUT2D eigenvalue weighted by Crippen LogP contribution is -2.46. The molecule has 80 valence electrons. The first kappa shape index (κ1) is 10.4. The first-order valence-electron chi connectivity index (χ1n) is 4.84. The Morgan fingerprint density at radius 2 is 2.00 bits per heavy atom. The molecule has 0 radical (unpaired) electrons. The third-order valence-corrected chi connectivity index (χ3v) is 2.51. The van der Waals surface area contributed by atoms with Crippen LogP contribution >= 0.6 is 0 Å². The molecule has 0 fully saturated rings. The van der Waals surface area contributed by atoms with Crippen molar-refractivity contribution in [2.75, 3.05) is 0 Å². The Kier molecular flexibility index (Phi) is 2.09. The number of ketones is 2. The highest BCUT2D eigenvalue weighted by Crippen LogP contribution is 2.31. The summed E-state index contributed by atoms with van der Waals surface area (Å²) in [6, 6.07) is 4.74. The lowest BCUT2D eigenvalue weighted by atomic mass is 9.91. The van der Waals surface area contributed by atoms with E-state index in [9.17, 15) is 9.59 Å². The van der Waals surface area contributed by atoms with E-state index >= 15 is 0 Å². The van der Waals surface area contributed by atoms with E-state index in [-0.39, 0.29) is 5.56 Å². The monoisotopic (exact) mass is 214 g/mol. The van der Waals surface area contributed by atoms with Gasteiger partial charge in [0.2, 0.25) is 11.6 Å². The van der Waals surface area contributed by atoms with Crippen molar-refractivity contribution in [3.05, 3.63) is 29.3 Å². The van der Waals surface area contributed by atoms with Crippen molar-refractivity contribution in [2.24, 2.45) is 0 Å². The number of terminal acetylenes is 1. The van der Waals surface area contributed by atoms with E-state index in [2.05, 4.69) is 5.92 Å². The average Bonchev–Trinajstić information content (AvgIpc) is 2.25. The molecule has 1 aliphatic rings. The molecule has 0 spiro atoms. The fourth-order valence-electron chi connectivity index (χ4n) is 1.60. The summed E-state index contributed by atoms with van der Waals surface area (Å²) in [4.78, 5) is 23.4. The molecule has 1 aromatic carbocycles. The Bertz CT molecular complexity index is 533. The molecule has 1 aromatic rings. The van der Waals surface area contributed by atoms with Gasteiger partial charge in [0.1, 0.15) is 5.75 Å². The number of rotatable bonds is 0. The van der Waals surface area contributed by atoms with Crippen LogP contribution < -0.4 is 4.74 Å². The molecule has 0 saturated heterocycles. The van der Waals surface area contributed by atoms with Crippen molar-refractivity contribution in [3.63, 3.8) is 0 Å². The second kappa shape index (κ2) is 3.21. The lowest BCUT2D eigenvalue weighted by molar-refractivity contribution is -0.128. The van der Waals surface area contributed by atoms with E-state index in [1.807, 2.05) is 0 Å². The van der Waals surface area contributed by atoms with Crippen molar-refractivity contribution < 1.29 is 14.3 Å². The van der Waals surface area contributed by atoms with Gasteiger partial charge in [-0.2, -0.15) is 0 Å². The van der Waals surface area contributed by atoms with Gasteiger partial charge in [-0.1, -0.05) is 5.92 Å². The number of benzene rings is 1.